The molecular weight excluding hydrogens is 162 g/mol. The maximum atomic E-state index is 5.39. The van der Waals surface area contributed by atoms with E-state index in [0.717, 1.165) is 26.2 Å². The van der Waals surface area contributed by atoms with Gasteiger partial charge in [-0.3, -0.25) is 0 Å². The number of ether oxygens (including phenoxy) is 1. The molecule has 0 aliphatic heterocycles. The first-order valence-electron chi connectivity index (χ1n) is 5.41. The maximum absolute atomic E-state index is 5.39. The highest BCUT2D eigenvalue weighted by Crippen LogP contribution is 2.26. The third kappa shape index (κ3) is 6.05. The largest absolute Gasteiger partial charge is 0.382 e. The molecule has 0 amide bonds. The first-order chi connectivity index (χ1) is 6.18. The van der Waals surface area contributed by atoms with E-state index in [4.69, 9.17) is 4.74 Å². The number of hydrogen-bond acceptors (Lipinski definition) is 2. The summed E-state index contributed by atoms with van der Waals surface area (Å²) in [5.74, 6) is 0. The lowest BCUT2D eigenvalue weighted by Gasteiger charge is -2.28. The molecule has 0 aliphatic carbocycles. The van der Waals surface area contributed by atoms with Crippen molar-refractivity contribution in [1.82, 2.24) is 5.32 Å². The Morgan fingerprint density at radius 1 is 1.23 bits per heavy atom. The Balaban J connectivity index is 3.76. The summed E-state index contributed by atoms with van der Waals surface area (Å²) in [7, 11) is 2.02. The van der Waals surface area contributed by atoms with E-state index in [1.807, 2.05) is 7.05 Å². The van der Waals surface area contributed by atoms with Crippen LogP contribution >= 0.6 is 0 Å². The topological polar surface area (TPSA) is 21.3 Å². The van der Waals surface area contributed by atoms with Crippen LogP contribution in [0.5, 0.6) is 0 Å². The van der Waals surface area contributed by atoms with Gasteiger partial charge < -0.3 is 10.1 Å². The van der Waals surface area contributed by atoms with E-state index in [-0.39, 0.29) is 0 Å². The van der Waals surface area contributed by atoms with Gasteiger partial charge in [-0.1, -0.05) is 20.3 Å². The van der Waals surface area contributed by atoms with Crippen molar-refractivity contribution in [3.63, 3.8) is 0 Å². The van der Waals surface area contributed by atoms with Crippen molar-refractivity contribution in [2.75, 3.05) is 26.8 Å². The van der Waals surface area contributed by atoms with Gasteiger partial charge >= 0.3 is 0 Å². The van der Waals surface area contributed by atoms with E-state index in [1.165, 1.54) is 12.8 Å². The third-order valence-electron chi connectivity index (χ3n) is 2.51. The van der Waals surface area contributed by atoms with Gasteiger partial charge in [0.25, 0.3) is 0 Å². The lowest BCUT2D eigenvalue weighted by atomic mass is 9.82. The second kappa shape index (κ2) is 7.34. The van der Waals surface area contributed by atoms with E-state index in [9.17, 15) is 0 Å². The van der Waals surface area contributed by atoms with Gasteiger partial charge in [0.1, 0.15) is 0 Å². The molecule has 0 bridgehead atoms. The van der Waals surface area contributed by atoms with Crippen molar-refractivity contribution in [1.29, 1.82) is 0 Å². The molecule has 0 radical (unpaired) electrons. The van der Waals surface area contributed by atoms with Crippen LogP contribution in [0.3, 0.4) is 0 Å². The van der Waals surface area contributed by atoms with Gasteiger partial charge in [-0.15, -0.1) is 0 Å². The van der Waals surface area contributed by atoms with E-state index in [0.29, 0.717) is 5.41 Å². The molecule has 1 atom stereocenters. The lowest BCUT2D eigenvalue weighted by Crippen LogP contribution is -2.30. The fraction of sp³-hybridized carbons (Fsp3) is 1.00. The normalized spacial score (nSPS) is 15.7. The SMILES string of the molecule is CCCC(C)(CCOCC)CNC. The summed E-state index contributed by atoms with van der Waals surface area (Å²) in [6, 6.07) is 0. The summed E-state index contributed by atoms with van der Waals surface area (Å²) < 4.78 is 5.39. The van der Waals surface area contributed by atoms with Gasteiger partial charge in [0.15, 0.2) is 0 Å². The van der Waals surface area contributed by atoms with Gasteiger partial charge in [0.05, 0.1) is 0 Å². The van der Waals surface area contributed by atoms with Crippen LogP contribution in [0.15, 0.2) is 0 Å². The molecule has 0 rings (SSSR count). The highest BCUT2D eigenvalue weighted by Gasteiger charge is 2.21. The van der Waals surface area contributed by atoms with Crippen LogP contribution in [-0.2, 0) is 4.74 Å². The molecule has 0 heterocycles. The molecule has 1 N–H and O–H groups in total. The first kappa shape index (κ1) is 12.9. The van der Waals surface area contributed by atoms with Gasteiger partial charge in [-0.25, -0.2) is 0 Å². The molecule has 0 aromatic heterocycles. The second-order valence-electron chi connectivity index (χ2n) is 4.04. The molecule has 2 nitrogen and oxygen atoms in total. The van der Waals surface area contributed by atoms with Crippen LogP contribution in [-0.4, -0.2) is 26.8 Å². The van der Waals surface area contributed by atoms with Crippen LogP contribution in [0.2, 0.25) is 0 Å². The zero-order valence-corrected chi connectivity index (χ0v) is 9.65. The quantitative estimate of drug-likeness (QED) is 0.589. The molecular formula is C11H25NO. The first-order valence-corrected chi connectivity index (χ1v) is 5.41. The Kier molecular flexibility index (Phi) is 7.29. The van der Waals surface area contributed by atoms with Crippen molar-refractivity contribution >= 4 is 0 Å². The minimum Gasteiger partial charge on any atom is -0.382 e. The van der Waals surface area contributed by atoms with E-state index >= 15 is 0 Å². The molecule has 0 aromatic carbocycles. The fourth-order valence-electron chi connectivity index (χ4n) is 1.80. The Labute approximate surface area is 83.1 Å². The zero-order chi connectivity index (χ0) is 10.2. The molecule has 2 heteroatoms. The lowest BCUT2D eigenvalue weighted by molar-refractivity contribution is 0.104. The fourth-order valence-corrected chi connectivity index (χ4v) is 1.80. The standard InChI is InChI=1S/C11H25NO/c1-5-7-11(3,10-12-4)8-9-13-6-2/h12H,5-10H2,1-4H3. The smallest absolute Gasteiger partial charge is 0.0471 e. The molecule has 1 unspecified atom stereocenters. The monoisotopic (exact) mass is 187 g/mol. The Bertz CT molecular complexity index is 109. The van der Waals surface area contributed by atoms with Crippen LogP contribution in [0.4, 0.5) is 0 Å². The van der Waals surface area contributed by atoms with Gasteiger partial charge in [0.2, 0.25) is 0 Å². The highest BCUT2D eigenvalue weighted by atomic mass is 16.5. The minimum absolute atomic E-state index is 0.415. The Morgan fingerprint density at radius 3 is 2.38 bits per heavy atom. The Morgan fingerprint density at radius 2 is 1.92 bits per heavy atom. The molecule has 13 heavy (non-hydrogen) atoms. The molecule has 0 aromatic rings. The second-order valence-corrected chi connectivity index (χ2v) is 4.04. The van der Waals surface area contributed by atoms with Crippen LogP contribution in [0, 0.1) is 5.41 Å². The van der Waals surface area contributed by atoms with E-state index in [2.05, 4.69) is 26.1 Å². The summed E-state index contributed by atoms with van der Waals surface area (Å²) in [6.45, 7) is 9.46. The molecule has 0 saturated heterocycles. The summed E-state index contributed by atoms with van der Waals surface area (Å²) >= 11 is 0. The minimum atomic E-state index is 0.415. The average molecular weight is 187 g/mol. The van der Waals surface area contributed by atoms with Gasteiger partial charge in [-0.2, -0.15) is 0 Å². The van der Waals surface area contributed by atoms with Gasteiger partial charge in [-0.05, 0) is 32.2 Å². The van der Waals surface area contributed by atoms with Crippen molar-refractivity contribution in [2.24, 2.45) is 5.41 Å². The average Bonchev–Trinajstić information content (AvgIpc) is 2.05. The Hall–Kier alpha value is -0.0800. The van der Waals surface area contributed by atoms with E-state index in [1.54, 1.807) is 0 Å². The third-order valence-corrected chi connectivity index (χ3v) is 2.51. The zero-order valence-electron chi connectivity index (χ0n) is 9.65. The number of hydrogen-bond donors (Lipinski definition) is 1. The molecule has 80 valence electrons. The number of rotatable bonds is 8. The summed E-state index contributed by atoms with van der Waals surface area (Å²) in [5, 5.41) is 3.26. The summed E-state index contributed by atoms with van der Waals surface area (Å²) in [6.07, 6.45) is 3.70. The maximum Gasteiger partial charge on any atom is 0.0471 e. The molecule has 0 fully saturated rings. The number of nitrogens with one attached hydrogen (secondary N) is 1. The highest BCUT2D eigenvalue weighted by molar-refractivity contribution is 4.75. The summed E-state index contributed by atoms with van der Waals surface area (Å²) in [5.41, 5.74) is 0.415. The van der Waals surface area contributed by atoms with Crippen molar-refractivity contribution < 1.29 is 4.74 Å². The van der Waals surface area contributed by atoms with Crippen LogP contribution in [0.1, 0.15) is 40.0 Å². The molecule has 0 saturated carbocycles. The van der Waals surface area contributed by atoms with Crippen LogP contribution < -0.4 is 5.32 Å². The van der Waals surface area contributed by atoms with Crippen molar-refractivity contribution in [3.8, 4) is 0 Å². The summed E-state index contributed by atoms with van der Waals surface area (Å²) in [4.78, 5) is 0. The van der Waals surface area contributed by atoms with Gasteiger partial charge in [0, 0.05) is 19.8 Å². The predicted octanol–water partition coefficient (Wildman–Crippen LogP) is 2.44. The molecule has 0 spiro atoms. The molecule has 0 aliphatic rings. The van der Waals surface area contributed by atoms with Crippen LogP contribution in [0.25, 0.3) is 0 Å². The van der Waals surface area contributed by atoms with E-state index < -0.39 is 0 Å². The van der Waals surface area contributed by atoms with Crippen molar-refractivity contribution in [3.05, 3.63) is 0 Å². The van der Waals surface area contributed by atoms with Crippen molar-refractivity contribution in [2.45, 2.75) is 40.0 Å². The predicted molar refractivity (Wildman–Crippen MR) is 58.1 cm³/mol.